The summed E-state index contributed by atoms with van der Waals surface area (Å²) in [5, 5.41) is 6.89. The lowest BCUT2D eigenvalue weighted by Crippen LogP contribution is -2.31. The normalized spacial score (nSPS) is 15.3. The summed E-state index contributed by atoms with van der Waals surface area (Å²) < 4.78 is 5.60. The number of rotatable bonds is 11. The Balaban J connectivity index is 1.08. The lowest BCUT2D eigenvalue weighted by Gasteiger charge is -2.24. The number of thioether (sulfide) groups is 1. The summed E-state index contributed by atoms with van der Waals surface area (Å²) in [5.41, 5.74) is 6.84. The Hall–Kier alpha value is -4.89. The third kappa shape index (κ3) is 8.11. The standard InChI is InChI=1S/C34H32N4O4S/c1-24(27-10-6-3-7-11-27)36-31(39)22-42-30-18-12-25(13-19-30)20-35-37-33(41)28-14-16-29(17-15-28)34-38(32(40)23-43-34)21-26-8-4-2-5-9-26/h2-20,24,34H,21-23H2,1H3,(H,36,39)(H,37,41)/b35-20-/t24-,34+/m1/s1. The van der Waals surface area contributed by atoms with E-state index in [9.17, 15) is 14.4 Å². The predicted octanol–water partition coefficient (Wildman–Crippen LogP) is 5.48. The van der Waals surface area contributed by atoms with E-state index in [-0.39, 0.29) is 35.7 Å². The number of hydrogen-bond acceptors (Lipinski definition) is 6. The van der Waals surface area contributed by atoms with Crippen molar-refractivity contribution in [3.8, 4) is 5.75 Å². The van der Waals surface area contributed by atoms with Crippen molar-refractivity contribution in [1.82, 2.24) is 15.6 Å². The van der Waals surface area contributed by atoms with Gasteiger partial charge in [0, 0.05) is 12.1 Å². The number of nitrogens with zero attached hydrogens (tertiary/aromatic N) is 2. The second kappa shape index (κ2) is 14.3. The minimum Gasteiger partial charge on any atom is -0.484 e. The molecule has 1 saturated heterocycles. The fourth-order valence-corrected chi connectivity index (χ4v) is 5.81. The Labute approximate surface area is 255 Å². The molecule has 0 unspecified atom stereocenters. The molecule has 9 heteroatoms. The van der Waals surface area contributed by atoms with Crippen LogP contribution in [0.1, 0.15) is 51.0 Å². The summed E-state index contributed by atoms with van der Waals surface area (Å²) in [6.07, 6.45) is 1.53. The van der Waals surface area contributed by atoms with Gasteiger partial charge in [0.05, 0.1) is 18.0 Å². The van der Waals surface area contributed by atoms with Crippen molar-refractivity contribution in [3.05, 3.63) is 137 Å². The van der Waals surface area contributed by atoms with Gasteiger partial charge in [-0.15, -0.1) is 11.8 Å². The summed E-state index contributed by atoms with van der Waals surface area (Å²) in [6.45, 7) is 2.37. The van der Waals surface area contributed by atoms with E-state index in [1.54, 1.807) is 48.2 Å². The van der Waals surface area contributed by atoms with Gasteiger partial charge in [-0.3, -0.25) is 14.4 Å². The first-order chi connectivity index (χ1) is 21.0. The molecule has 218 valence electrons. The third-order valence-corrected chi connectivity index (χ3v) is 8.18. The Morgan fingerprint density at radius 1 is 0.953 bits per heavy atom. The van der Waals surface area contributed by atoms with Gasteiger partial charge >= 0.3 is 0 Å². The zero-order chi connectivity index (χ0) is 30.0. The molecule has 2 atom stereocenters. The first-order valence-electron chi connectivity index (χ1n) is 13.9. The lowest BCUT2D eigenvalue weighted by molar-refractivity contribution is -0.128. The summed E-state index contributed by atoms with van der Waals surface area (Å²) >= 11 is 1.59. The summed E-state index contributed by atoms with van der Waals surface area (Å²) in [7, 11) is 0. The van der Waals surface area contributed by atoms with Crippen LogP contribution < -0.4 is 15.5 Å². The van der Waals surface area contributed by atoms with Crippen LogP contribution in [0.5, 0.6) is 5.75 Å². The molecule has 5 rings (SSSR count). The highest BCUT2D eigenvalue weighted by Crippen LogP contribution is 2.39. The van der Waals surface area contributed by atoms with Crippen molar-refractivity contribution in [3.63, 3.8) is 0 Å². The molecule has 8 nitrogen and oxygen atoms in total. The monoisotopic (exact) mass is 592 g/mol. The molecule has 43 heavy (non-hydrogen) atoms. The molecule has 0 bridgehead atoms. The fraction of sp³-hybridized carbons (Fsp3) is 0.176. The van der Waals surface area contributed by atoms with Crippen LogP contribution >= 0.6 is 11.8 Å². The first kappa shape index (κ1) is 29.6. The van der Waals surface area contributed by atoms with Crippen LogP contribution in [-0.4, -0.2) is 41.2 Å². The van der Waals surface area contributed by atoms with Crippen molar-refractivity contribution >= 4 is 35.7 Å². The van der Waals surface area contributed by atoms with E-state index in [0.29, 0.717) is 23.6 Å². The van der Waals surface area contributed by atoms with E-state index in [1.165, 1.54) is 6.21 Å². The average molecular weight is 593 g/mol. The largest absolute Gasteiger partial charge is 0.484 e. The number of amides is 3. The van der Waals surface area contributed by atoms with E-state index < -0.39 is 0 Å². The van der Waals surface area contributed by atoms with Gasteiger partial charge in [0.2, 0.25) is 5.91 Å². The molecule has 2 N–H and O–H groups in total. The summed E-state index contributed by atoms with van der Waals surface area (Å²) in [5.74, 6) is 0.541. The van der Waals surface area contributed by atoms with Crippen LogP contribution in [0.25, 0.3) is 0 Å². The zero-order valence-corrected chi connectivity index (χ0v) is 24.5. The molecule has 0 radical (unpaired) electrons. The number of ether oxygens (including phenoxy) is 1. The zero-order valence-electron chi connectivity index (χ0n) is 23.7. The van der Waals surface area contributed by atoms with Crippen LogP contribution in [-0.2, 0) is 16.1 Å². The highest BCUT2D eigenvalue weighted by molar-refractivity contribution is 8.00. The molecule has 3 amide bonds. The van der Waals surface area contributed by atoms with Crippen LogP contribution in [0.3, 0.4) is 0 Å². The van der Waals surface area contributed by atoms with E-state index in [2.05, 4.69) is 15.8 Å². The van der Waals surface area contributed by atoms with Crippen molar-refractivity contribution in [2.45, 2.75) is 24.9 Å². The van der Waals surface area contributed by atoms with Crippen LogP contribution in [0.2, 0.25) is 0 Å². The maximum atomic E-state index is 12.6. The SMILES string of the molecule is C[C@@H](NC(=O)COc1ccc(/C=N\NC(=O)c2ccc([C@@H]3SCC(=O)N3Cc3ccccc3)cc2)cc1)c1ccccc1. The van der Waals surface area contributed by atoms with Gasteiger partial charge in [-0.05, 0) is 65.6 Å². The smallest absolute Gasteiger partial charge is 0.271 e. The van der Waals surface area contributed by atoms with Crippen molar-refractivity contribution in [1.29, 1.82) is 0 Å². The average Bonchev–Trinajstić information content (AvgIpc) is 3.40. The molecule has 1 aliphatic heterocycles. The summed E-state index contributed by atoms with van der Waals surface area (Å²) in [4.78, 5) is 39.3. The lowest BCUT2D eigenvalue weighted by atomic mass is 10.1. The third-order valence-electron chi connectivity index (χ3n) is 6.93. The minimum atomic E-state index is -0.338. The molecule has 4 aromatic rings. The molecule has 0 spiro atoms. The van der Waals surface area contributed by atoms with Gasteiger partial charge < -0.3 is 15.0 Å². The minimum absolute atomic E-state index is 0.0953. The van der Waals surface area contributed by atoms with Crippen molar-refractivity contribution in [2.24, 2.45) is 5.10 Å². The highest BCUT2D eigenvalue weighted by atomic mass is 32.2. The summed E-state index contributed by atoms with van der Waals surface area (Å²) in [6, 6.07) is 33.8. The number of nitrogens with one attached hydrogen (secondary N) is 2. The number of hydrogen-bond donors (Lipinski definition) is 2. The molecule has 0 saturated carbocycles. The predicted molar refractivity (Wildman–Crippen MR) is 169 cm³/mol. The topological polar surface area (TPSA) is 100 Å². The highest BCUT2D eigenvalue weighted by Gasteiger charge is 2.32. The number of carbonyl (C=O) groups is 3. The molecule has 0 aromatic heterocycles. The molecule has 1 aliphatic rings. The van der Waals surface area contributed by atoms with E-state index in [0.717, 1.165) is 22.3 Å². The van der Waals surface area contributed by atoms with Crippen LogP contribution in [0, 0.1) is 0 Å². The number of benzene rings is 4. The van der Waals surface area contributed by atoms with Crippen molar-refractivity contribution in [2.75, 3.05) is 12.4 Å². The molecular weight excluding hydrogens is 560 g/mol. The first-order valence-corrected chi connectivity index (χ1v) is 15.0. The van der Waals surface area contributed by atoms with Gasteiger partial charge in [-0.2, -0.15) is 5.10 Å². The fourth-order valence-electron chi connectivity index (χ4n) is 4.62. The van der Waals surface area contributed by atoms with Gasteiger partial charge in [0.1, 0.15) is 11.1 Å². The second-order valence-corrected chi connectivity index (χ2v) is 11.1. The second-order valence-electron chi connectivity index (χ2n) is 10.0. The van der Waals surface area contributed by atoms with Gasteiger partial charge in [-0.25, -0.2) is 5.43 Å². The maximum Gasteiger partial charge on any atom is 0.271 e. The molecule has 1 heterocycles. The molecule has 4 aromatic carbocycles. The molecule has 1 fully saturated rings. The molecule has 0 aliphatic carbocycles. The Morgan fingerprint density at radius 3 is 2.33 bits per heavy atom. The Bertz CT molecular complexity index is 1560. The number of carbonyl (C=O) groups excluding carboxylic acids is 3. The van der Waals surface area contributed by atoms with Crippen LogP contribution in [0.4, 0.5) is 0 Å². The van der Waals surface area contributed by atoms with Gasteiger partial charge in [0.15, 0.2) is 6.61 Å². The van der Waals surface area contributed by atoms with Gasteiger partial charge in [-0.1, -0.05) is 72.8 Å². The Morgan fingerprint density at radius 2 is 1.63 bits per heavy atom. The maximum absolute atomic E-state index is 12.6. The van der Waals surface area contributed by atoms with Crippen molar-refractivity contribution < 1.29 is 19.1 Å². The molecular formula is C34H32N4O4S. The van der Waals surface area contributed by atoms with E-state index in [4.69, 9.17) is 4.74 Å². The number of hydrazone groups is 1. The van der Waals surface area contributed by atoms with E-state index >= 15 is 0 Å². The van der Waals surface area contributed by atoms with E-state index in [1.807, 2.05) is 84.6 Å². The van der Waals surface area contributed by atoms with Crippen LogP contribution in [0.15, 0.2) is 114 Å². The van der Waals surface area contributed by atoms with Gasteiger partial charge in [0.25, 0.3) is 11.8 Å². The Kier molecular flexibility index (Phi) is 9.86. The quantitative estimate of drug-likeness (QED) is 0.178.